The van der Waals surface area contributed by atoms with Gasteiger partial charge in [-0.15, -0.1) is 11.3 Å². The van der Waals surface area contributed by atoms with Crippen LogP contribution in [0.4, 0.5) is 0 Å². The van der Waals surface area contributed by atoms with Crippen molar-refractivity contribution in [3.05, 3.63) is 18.2 Å². The summed E-state index contributed by atoms with van der Waals surface area (Å²) in [7, 11) is -3.29. The summed E-state index contributed by atoms with van der Waals surface area (Å²) in [5.74, 6) is 0.00801. The molecule has 2 rings (SSSR count). The third-order valence-corrected chi connectivity index (χ3v) is 4.39. The molecule has 14 heavy (non-hydrogen) atoms. The quantitative estimate of drug-likeness (QED) is 0.802. The second-order valence-corrected chi connectivity index (χ2v) is 6.10. The summed E-state index contributed by atoms with van der Waals surface area (Å²) in [5, 5.41) is 9.40. The van der Waals surface area contributed by atoms with Crippen LogP contribution in [0.1, 0.15) is 0 Å². The van der Waals surface area contributed by atoms with Crippen LogP contribution in [0.2, 0.25) is 0 Å². The van der Waals surface area contributed by atoms with Gasteiger partial charge in [-0.2, -0.15) is 0 Å². The molecule has 0 amide bonds. The van der Waals surface area contributed by atoms with Gasteiger partial charge in [0.2, 0.25) is 14.2 Å². The molecule has 0 saturated heterocycles. The Morgan fingerprint density at radius 1 is 1.43 bits per heavy atom. The van der Waals surface area contributed by atoms with E-state index in [1.807, 2.05) is 0 Å². The van der Waals surface area contributed by atoms with Crippen molar-refractivity contribution >= 4 is 31.4 Å². The fraction of sp³-hybridized carbons (Fsp3) is 0.125. The minimum absolute atomic E-state index is 0.00801. The molecule has 0 bridgehead atoms. The van der Waals surface area contributed by atoms with Gasteiger partial charge in [0.15, 0.2) is 0 Å². The van der Waals surface area contributed by atoms with E-state index in [1.165, 1.54) is 6.07 Å². The molecule has 0 unspecified atom stereocenters. The van der Waals surface area contributed by atoms with Crippen molar-refractivity contribution < 1.29 is 13.5 Å². The minimum atomic E-state index is -3.29. The lowest BCUT2D eigenvalue weighted by Gasteiger charge is -1.89. The zero-order valence-corrected chi connectivity index (χ0v) is 8.89. The van der Waals surface area contributed by atoms with E-state index in [0.717, 1.165) is 17.6 Å². The second kappa shape index (κ2) is 2.93. The van der Waals surface area contributed by atoms with Crippen LogP contribution in [-0.4, -0.2) is 24.8 Å². The Morgan fingerprint density at radius 3 is 2.71 bits per heavy atom. The van der Waals surface area contributed by atoms with Gasteiger partial charge in [0.1, 0.15) is 11.3 Å². The standard InChI is InChI=1S/C8H7NO3S2/c1-14(11,12)8-9-7-5(10)3-2-4-6(7)13-8/h2-4,10H,1H3. The van der Waals surface area contributed by atoms with E-state index in [-0.39, 0.29) is 10.1 Å². The van der Waals surface area contributed by atoms with Crippen molar-refractivity contribution in [2.24, 2.45) is 0 Å². The molecule has 0 radical (unpaired) electrons. The maximum Gasteiger partial charge on any atom is 0.210 e. The lowest BCUT2D eigenvalue weighted by Crippen LogP contribution is -1.94. The lowest BCUT2D eigenvalue weighted by atomic mass is 10.3. The number of sulfone groups is 1. The Morgan fingerprint density at radius 2 is 2.14 bits per heavy atom. The van der Waals surface area contributed by atoms with Crippen LogP contribution in [0.25, 0.3) is 10.2 Å². The molecular formula is C8H7NO3S2. The van der Waals surface area contributed by atoms with Crippen LogP contribution in [0.3, 0.4) is 0 Å². The zero-order chi connectivity index (χ0) is 10.3. The van der Waals surface area contributed by atoms with Gasteiger partial charge in [-0.1, -0.05) is 6.07 Å². The number of aromatic nitrogens is 1. The fourth-order valence-electron chi connectivity index (χ4n) is 1.07. The first-order chi connectivity index (χ1) is 6.48. The second-order valence-electron chi connectivity index (χ2n) is 2.88. The summed E-state index contributed by atoms with van der Waals surface area (Å²) >= 11 is 1.06. The predicted octanol–water partition coefficient (Wildman–Crippen LogP) is 1.41. The number of para-hydroxylation sites is 1. The number of nitrogens with zero attached hydrogens (tertiary/aromatic N) is 1. The number of phenols is 1. The first-order valence-electron chi connectivity index (χ1n) is 3.77. The van der Waals surface area contributed by atoms with Crippen LogP contribution < -0.4 is 0 Å². The zero-order valence-electron chi connectivity index (χ0n) is 7.26. The summed E-state index contributed by atoms with van der Waals surface area (Å²) < 4.78 is 23.1. The first-order valence-corrected chi connectivity index (χ1v) is 6.48. The maximum absolute atomic E-state index is 11.2. The van der Waals surface area contributed by atoms with Gasteiger partial charge in [0.25, 0.3) is 0 Å². The smallest absolute Gasteiger partial charge is 0.210 e. The van der Waals surface area contributed by atoms with Gasteiger partial charge in [0.05, 0.1) is 4.70 Å². The summed E-state index contributed by atoms with van der Waals surface area (Å²) in [5.41, 5.74) is 0.345. The van der Waals surface area contributed by atoms with E-state index in [0.29, 0.717) is 10.2 Å². The molecular weight excluding hydrogens is 222 g/mol. The Labute approximate surface area is 84.8 Å². The van der Waals surface area contributed by atoms with E-state index in [4.69, 9.17) is 0 Å². The molecule has 0 atom stereocenters. The van der Waals surface area contributed by atoms with Crippen LogP contribution in [0.5, 0.6) is 5.75 Å². The molecule has 6 heteroatoms. The normalized spacial score (nSPS) is 12.1. The van der Waals surface area contributed by atoms with E-state index in [2.05, 4.69) is 4.98 Å². The Hall–Kier alpha value is -1.14. The minimum Gasteiger partial charge on any atom is -0.506 e. The van der Waals surface area contributed by atoms with Gasteiger partial charge in [-0.3, -0.25) is 0 Å². The molecule has 0 aliphatic carbocycles. The number of phenolic OH excluding ortho intramolecular Hbond substituents is 1. The first kappa shape index (κ1) is 9.42. The van der Waals surface area contributed by atoms with Gasteiger partial charge in [0, 0.05) is 6.26 Å². The topological polar surface area (TPSA) is 67.3 Å². The van der Waals surface area contributed by atoms with E-state index in [1.54, 1.807) is 12.1 Å². The fourth-order valence-corrected chi connectivity index (χ4v) is 2.92. The van der Waals surface area contributed by atoms with Crippen molar-refractivity contribution in [3.63, 3.8) is 0 Å². The van der Waals surface area contributed by atoms with Crippen molar-refractivity contribution in [3.8, 4) is 5.75 Å². The molecule has 0 fully saturated rings. The van der Waals surface area contributed by atoms with Crippen molar-refractivity contribution in [1.82, 2.24) is 4.98 Å². The highest BCUT2D eigenvalue weighted by molar-refractivity contribution is 7.92. The Balaban J connectivity index is 2.81. The third-order valence-electron chi connectivity index (χ3n) is 1.70. The predicted molar refractivity (Wildman–Crippen MR) is 54.4 cm³/mol. The largest absolute Gasteiger partial charge is 0.506 e. The number of fused-ring (bicyclic) bond motifs is 1. The van der Waals surface area contributed by atoms with Crippen LogP contribution >= 0.6 is 11.3 Å². The Bertz CT molecular complexity index is 586. The molecule has 1 N–H and O–H groups in total. The summed E-state index contributed by atoms with van der Waals surface area (Å²) in [6.45, 7) is 0. The highest BCUT2D eigenvalue weighted by Crippen LogP contribution is 2.30. The molecule has 74 valence electrons. The molecule has 2 aromatic rings. The monoisotopic (exact) mass is 229 g/mol. The number of hydrogen-bond donors (Lipinski definition) is 1. The molecule has 1 aromatic heterocycles. The number of benzene rings is 1. The van der Waals surface area contributed by atoms with Gasteiger partial charge in [-0.05, 0) is 12.1 Å². The van der Waals surface area contributed by atoms with Crippen molar-refractivity contribution in [2.75, 3.05) is 6.26 Å². The number of thiazole rings is 1. The molecule has 0 aliphatic rings. The molecule has 0 saturated carbocycles. The average Bonchev–Trinajstić information content (AvgIpc) is 2.48. The average molecular weight is 229 g/mol. The van der Waals surface area contributed by atoms with Crippen LogP contribution in [0.15, 0.2) is 22.5 Å². The van der Waals surface area contributed by atoms with E-state index >= 15 is 0 Å². The van der Waals surface area contributed by atoms with E-state index in [9.17, 15) is 13.5 Å². The molecule has 4 nitrogen and oxygen atoms in total. The van der Waals surface area contributed by atoms with Gasteiger partial charge < -0.3 is 5.11 Å². The third kappa shape index (κ3) is 1.46. The van der Waals surface area contributed by atoms with Gasteiger partial charge in [-0.25, -0.2) is 13.4 Å². The number of aromatic hydroxyl groups is 1. The molecule has 0 spiro atoms. The summed E-state index contributed by atoms with van der Waals surface area (Å²) in [6, 6.07) is 4.86. The van der Waals surface area contributed by atoms with Crippen molar-refractivity contribution in [2.45, 2.75) is 4.34 Å². The number of rotatable bonds is 1. The maximum atomic E-state index is 11.2. The van der Waals surface area contributed by atoms with Crippen LogP contribution in [-0.2, 0) is 9.84 Å². The van der Waals surface area contributed by atoms with Gasteiger partial charge >= 0.3 is 0 Å². The van der Waals surface area contributed by atoms with E-state index < -0.39 is 9.84 Å². The van der Waals surface area contributed by atoms with Crippen molar-refractivity contribution in [1.29, 1.82) is 0 Å². The SMILES string of the molecule is CS(=O)(=O)c1nc2c(O)cccc2s1. The highest BCUT2D eigenvalue weighted by atomic mass is 32.2. The molecule has 0 aliphatic heterocycles. The Kier molecular flexibility index (Phi) is 1.97. The summed E-state index contributed by atoms with van der Waals surface area (Å²) in [4.78, 5) is 3.86. The highest BCUT2D eigenvalue weighted by Gasteiger charge is 2.15. The molecule has 1 heterocycles. The summed E-state index contributed by atoms with van der Waals surface area (Å²) in [6.07, 6.45) is 1.10. The lowest BCUT2D eigenvalue weighted by molar-refractivity contribution is 0.480. The van der Waals surface area contributed by atoms with Crippen LogP contribution in [0, 0.1) is 0 Å². The molecule has 1 aromatic carbocycles. The number of hydrogen-bond acceptors (Lipinski definition) is 5.